The van der Waals surface area contributed by atoms with Gasteiger partial charge in [-0.25, -0.2) is 4.79 Å². The van der Waals surface area contributed by atoms with Crippen LogP contribution in [0.25, 0.3) is 5.57 Å². The monoisotopic (exact) mass is 334 g/mol. The molecule has 0 radical (unpaired) electrons. The van der Waals surface area contributed by atoms with Crippen LogP contribution in [-0.4, -0.2) is 20.9 Å². The second-order valence-electron chi connectivity index (χ2n) is 7.17. The average molecular weight is 335 g/mol. The highest BCUT2D eigenvalue weighted by atomic mass is 28.4. The summed E-state index contributed by atoms with van der Waals surface area (Å²) in [4.78, 5) is 11.7. The van der Waals surface area contributed by atoms with Crippen molar-refractivity contribution in [3.63, 3.8) is 0 Å². The molecule has 1 aromatic carbocycles. The first kappa shape index (κ1) is 19.5. The van der Waals surface area contributed by atoms with E-state index in [1.54, 1.807) is 6.08 Å². The zero-order chi connectivity index (χ0) is 17.7. The van der Waals surface area contributed by atoms with Gasteiger partial charge >= 0.3 is 5.97 Å². The van der Waals surface area contributed by atoms with Gasteiger partial charge in [-0.1, -0.05) is 39.8 Å². The Bertz CT molecular complexity index is 568. The van der Waals surface area contributed by atoms with Crippen molar-refractivity contribution in [3.05, 3.63) is 35.9 Å². The van der Waals surface area contributed by atoms with Crippen LogP contribution in [0.5, 0.6) is 5.75 Å². The molecule has 0 N–H and O–H groups in total. The number of rotatable bonds is 6. The fourth-order valence-electron chi connectivity index (χ4n) is 1.92. The highest BCUT2D eigenvalue weighted by molar-refractivity contribution is 6.74. The summed E-state index contributed by atoms with van der Waals surface area (Å²) in [6.45, 7) is 15.4. The Labute approximate surface area is 141 Å². The van der Waals surface area contributed by atoms with Gasteiger partial charge in [-0.15, -0.1) is 0 Å². The lowest BCUT2D eigenvalue weighted by Crippen LogP contribution is -2.43. The minimum atomic E-state index is -1.87. The molecular formula is C19H30O3Si. The van der Waals surface area contributed by atoms with Crippen LogP contribution in [0.15, 0.2) is 30.3 Å². The molecule has 0 spiro atoms. The van der Waals surface area contributed by atoms with Crippen molar-refractivity contribution < 1.29 is 14.0 Å². The lowest BCUT2D eigenvalue weighted by molar-refractivity contribution is -0.137. The fraction of sp³-hybridized carbons (Fsp3) is 0.526. The van der Waals surface area contributed by atoms with Crippen molar-refractivity contribution in [1.29, 1.82) is 0 Å². The molecule has 0 atom stereocenters. The van der Waals surface area contributed by atoms with Crippen molar-refractivity contribution in [2.75, 3.05) is 6.61 Å². The van der Waals surface area contributed by atoms with Crippen molar-refractivity contribution in [1.82, 2.24) is 0 Å². The molecule has 128 valence electrons. The third-order valence-electron chi connectivity index (χ3n) is 4.34. The Hall–Kier alpha value is -1.55. The molecule has 0 heterocycles. The van der Waals surface area contributed by atoms with E-state index in [-0.39, 0.29) is 11.0 Å². The molecule has 0 saturated heterocycles. The van der Waals surface area contributed by atoms with Gasteiger partial charge in [0.2, 0.25) is 8.32 Å². The highest BCUT2D eigenvalue weighted by Gasteiger charge is 2.38. The molecule has 0 amide bonds. The zero-order valence-electron chi connectivity index (χ0n) is 15.5. The van der Waals surface area contributed by atoms with Gasteiger partial charge in [0.15, 0.2) is 0 Å². The molecule has 3 nitrogen and oxygen atoms in total. The van der Waals surface area contributed by atoms with E-state index in [0.29, 0.717) is 6.61 Å². The number of hydrogen-bond acceptors (Lipinski definition) is 3. The summed E-state index contributed by atoms with van der Waals surface area (Å²) in [7, 11) is -1.87. The summed E-state index contributed by atoms with van der Waals surface area (Å²) in [6.07, 6.45) is 2.34. The van der Waals surface area contributed by atoms with Crippen LogP contribution in [0.2, 0.25) is 18.1 Å². The second-order valence-corrected chi connectivity index (χ2v) is 11.9. The number of allylic oxidation sites excluding steroid dienone is 1. The van der Waals surface area contributed by atoms with E-state index in [9.17, 15) is 4.79 Å². The van der Waals surface area contributed by atoms with Crippen LogP contribution < -0.4 is 4.43 Å². The normalized spacial score (nSPS) is 12.9. The Balaban J connectivity index is 3.06. The molecule has 0 aliphatic carbocycles. The van der Waals surface area contributed by atoms with Gasteiger partial charge in [0.1, 0.15) is 5.75 Å². The van der Waals surface area contributed by atoms with E-state index in [0.717, 1.165) is 23.3 Å². The summed E-state index contributed by atoms with van der Waals surface area (Å²) in [5, 5.41) is 0.150. The summed E-state index contributed by atoms with van der Waals surface area (Å²) < 4.78 is 11.4. The first-order chi connectivity index (χ1) is 10.6. The summed E-state index contributed by atoms with van der Waals surface area (Å²) in [5.41, 5.74) is 1.97. The molecule has 1 aromatic rings. The van der Waals surface area contributed by atoms with Gasteiger partial charge in [0, 0.05) is 6.08 Å². The van der Waals surface area contributed by atoms with E-state index in [2.05, 4.69) is 33.9 Å². The Kier molecular flexibility index (Phi) is 6.63. The van der Waals surface area contributed by atoms with Gasteiger partial charge < -0.3 is 9.16 Å². The first-order valence-electron chi connectivity index (χ1n) is 8.27. The number of hydrogen-bond donors (Lipinski definition) is 0. The molecule has 0 saturated carbocycles. The number of ether oxygens (including phenoxy) is 1. The van der Waals surface area contributed by atoms with E-state index in [1.807, 2.05) is 38.1 Å². The molecule has 1 rings (SSSR count). The van der Waals surface area contributed by atoms with E-state index >= 15 is 0 Å². The number of esters is 1. The lowest BCUT2D eigenvalue weighted by Gasteiger charge is -2.36. The molecule has 0 aliphatic heterocycles. The third-order valence-corrected chi connectivity index (χ3v) is 8.70. The van der Waals surface area contributed by atoms with Crippen LogP contribution >= 0.6 is 0 Å². The Morgan fingerprint density at radius 1 is 1.22 bits per heavy atom. The minimum absolute atomic E-state index is 0.150. The van der Waals surface area contributed by atoms with Crippen LogP contribution in [0.3, 0.4) is 0 Å². The highest BCUT2D eigenvalue weighted by Crippen LogP contribution is 2.37. The number of carbonyl (C=O) groups is 1. The van der Waals surface area contributed by atoms with Gasteiger partial charge in [-0.2, -0.15) is 0 Å². The molecule has 0 aromatic heterocycles. The molecule has 4 heteroatoms. The molecule has 0 aliphatic rings. The molecule has 0 unspecified atom stereocenters. The molecule has 0 bridgehead atoms. The SMILES string of the molecule is CCOC(=O)C=C(CC)c1cccc(O[Si](C)(C)C(C)(C)C)c1. The first-order valence-corrected chi connectivity index (χ1v) is 11.2. The molecule has 23 heavy (non-hydrogen) atoms. The van der Waals surface area contributed by atoms with E-state index in [1.165, 1.54) is 0 Å². The van der Waals surface area contributed by atoms with Crippen LogP contribution in [0.4, 0.5) is 0 Å². The lowest BCUT2D eigenvalue weighted by atomic mass is 10.0. The predicted molar refractivity (Wildman–Crippen MR) is 99.2 cm³/mol. The number of carbonyl (C=O) groups excluding carboxylic acids is 1. The zero-order valence-corrected chi connectivity index (χ0v) is 16.5. The summed E-state index contributed by atoms with van der Waals surface area (Å²) >= 11 is 0. The quantitative estimate of drug-likeness (QED) is 0.395. The van der Waals surface area contributed by atoms with E-state index < -0.39 is 8.32 Å². The fourth-order valence-corrected chi connectivity index (χ4v) is 2.95. The summed E-state index contributed by atoms with van der Waals surface area (Å²) in [5.74, 6) is 0.581. The standard InChI is InChI=1S/C19H30O3Si/c1-8-15(14-18(20)21-9-2)16-11-10-12-17(13-16)22-23(6,7)19(3,4)5/h10-14H,8-9H2,1-7H3. The van der Waals surface area contributed by atoms with Crippen molar-refractivity contribution in [3.8, 4) is 5.75 Å². The average Bonchev–Trinajstić information content (AvgIpc) is 2.43. The topological polar surface area (TPSA) is 35.5 Å². The maximum absolute atomic E-state index is 11.7. The van der Waals surface area contributed by atoms with Crippen molar-refractivity contribution in [2.24, 2.45) is 0 Å². The van der Waals surface area contributed by atoms with Gasteiger partial charge in [0.05, 0.1) is 6.61 Å². The van der Waals surface area contributed by atoms with Crippen molar-refractivity contribution >= 4 is 19.9 Å². The second kappa shape index (κ2) is 7.82. The van der Waals surface area contributed by atoms with Crippen molar-refractivity contribution in [2.45, 2.75) is 59.2 Å². The largest absolute Gasteiger partial charge is 0.543 e. The maximum Gasteiger partial charge on any atom is 0.331 e. The maximum atomic E-state index is 11.7. The predicted octanol–water partition coefficient (Wildman–Crippen LogP) is 5.43. The van der Waals surface area contributed by atoms with Gasteiger partial charge in [0.25, 0.3) is 0 Å². The van der Waals surface area contributed by atoms with Crippen LogP contribution in [0.1, 0.15) is 46.6 Å². The molecular weight excluding hydrogens is 304 g/mol. The minimum Gasteiger partial charge on any atom is -0.543 e. The third kappa shape index (κ3) is 5.54. The Morgan fingerprint density at radius 3 is 2.39 bits per heavy atom. The summed E-state index contributed by atoms with van der Waals surface area (Å²) in [6, 6.07) is 8.00. The smallest absolute Gasteiger partial charge is 0.331 e. The van der Waals surface area contributed by atoms with Gasteiger partial charge in [-0.05, 0) is 54.7 Å². The van der Waals surface area contributed by atoms with Gasteiger partial charge in [-0.3, -0.25) is 0 Å². The van der Waals surface area contributed by atoms with Crippen LogP contribution in [0, 0.1) is 0 Å². The number of benzene rings is 1. The van der Waals surface area contributed by atoms with Crippen LogP contribution in [-0.2, 0) is 9.53 Å². The molecule has 0 fully saturated rings. The Morgan fingerprint density at radius 2 is 1.87 bits per heavy atom. The van der Waals surface area contributed by atoms with E-state index in [4.69, 9.17) is 9.16 Å².